The fourth-order valence-corrected chi connectivity index (χ4v) is 2.56. The summed E-state index contributed by atoms with van der Waals surface area (Å²) in [6, 6.07) is 2.79. The topological polar surface area (TPSA) is 104 Å². The van der Waals surface area contributed by atoms with E-state index in [0.29, 0.717) is 28.2 Å². The number of nitrogens with one attached hydrogen (secondary N) is 2. The summed E-state index contributed by atoms with van der Waals surface area (Å²) >= 11 is 0. The van der Waals surface area contributed by atoms with Crippen LogP contribution in [0.5, 0.6) is 0 Å². The van der Waals surface area contributed by atoms with Gasteiger partial charge in [-0.05, 0) is 18.1 Å². The fraction of sp³-hybridized carbons (Fsp3) is 0.294. The molecule has 0 amide bonds. The molecule has 0 unspecified atom stereocenters. The van der Waals surface area contributed by atoms with Crippen LogP contribution in [0.3, 0.4) is 0 Å². The number of halogens is 1. The molecule has 0 fully saturated rings. The van der Waals surface area contributed by atoms with E-state index < -0.39 is 11.8 Å². The normalized spacial score (nSPS) is 12.5. The Labute approximate surface area is 143 Å². The minimum Gasteiger partial charge on any atom is -0.481 e. The van der Waals surface area contributed by atoms with Gasteiger partial charge in [0.05, 0.1) is 12.6 Å². The van der Waals surface area contributed by atoms with Crippen molar-refractivity contribution in [3.8, 4) is 11.4 Å². The molecule has 0 radical (unpaired) electrons. The van der Waals surface area contributed by atoms with E-state index in [9.17, 15) is 9.18 Å². The monoisotopic (exact) mass is 343 g/mol. The van der Waals surface area contributed by atoms with E-state index in [4.69, 9.17) is 5.11 Å². The Morgan fingerprint density at radius 1 is 1.40 bits per heavy atom. The molecule has 0 aromatic carbocycles. The zero-order chi connectivity index (χ0) is 18.0. The summed E-state index contributed by atoms with van der Waals surface area (Å²) in [5, 5.41) is 12.8. The minimum atomic E-state index is -0.876. The number of hydrogen-bond donors (Lipinski definition) is 3. The summed E-state index contributed by atoms with van der Waals surface area (Å²) in [6.07, 6.45) is 4.38. The lowest BCUT2D eigenvalue weighted by atomic mass is 10.0. The van der Waals surface area contributed by atoms with Crippen LogP contribution in [0.15, 0.2) is 30.7 Å². The third-order valence-corrected chi connectivity index (χ3v) is 3.93. The maximum absolute atomic E-state index is 13.5. The molecular weight excluding hydrogens is 325 g/mol. The number of fused-ring (bicyclic) bond motifs is 1. The zero-order valence-electron chi connectivity index (χ0n) is 13.8. The Kier molecular flexibility index (Phi) is 4.60. The van der Waals surface area contributed by atoms with Crippen molar-refractivity contribution in [2.75, 3.05) is 5.32 Å². The SMILES string of the molecule is CC(C)[C@@H](CC(=O)O)Nc1ccnc(-c2c[nH]c3ncc(F)cc23)n1. The van der Waals surface area contributed by atoms with Crippen molar-refractivity contribution in [3.05, 3.63) is 36.5 Å². The molecule has 0 bridgehead atoms. The largest absolute Gasteiger partial charge is 0.481 e. The van der Waals surface area contributed by atoms with Crippen LogP contribution in [0.2, 0.25) is 0 Å². The molecule has 3 heterocycles. The molecule has 3 aromatic rings. The van der Waals surface area contributed by atoms with Crippen molar-refractivity contribution < 1.29 is 14.3 Å². The maximum Gasteiger partial charge on any atom is 0.305 e. The number of carboxylic acid groups (broad SMARTS) is 1. The predicted octanol–water partition coefficient (Wildman–Crippen LogP) is 3.07. The number of rotatable bonds is 6. The average molecular weight is 343 g/mol. The lowest BCUT2D eigenvalue weighted by molar-refractivity contribution is -0.137. The van der Waals surface area contributed by atoms with Crippen LogP contribution in [-0.4, -0.2) is 37.1 Å². The molecule has 0 aliphatic heterocycles. The third-order valence-electron chi connectivity index (χ3n) is 3.93. The molecule has 3 aromatic heterocycles. The van der Waals surface area contributed by atoms with Crippen LogP contribution in [-0.2, 0) is 4.79 Å². The van der Waals surface area contributed by atoms with Crippen molar-refractivity contribution in [2.24, 2.45) is 5.92 Å². The van der Waals surface area contributed by atoms with Gasteiger partial charge in [-0.15, -0.1) is 0 Å². The van der Waals surface area contributed by atoms with E-state index >= 15 is 0 Å². The number of aromatic nitrogens is 4. The van der Waals surface area contributed by atoms with Gasteiger partial charge < -0.3 is 15.4 Å². The number of aliphatic carboxylic acids is 1. The van der Waals surface area contributed by atoms with Crippen molar-refractivity contribution in [2.45, 2.75) is 26.3 Å². The van der Waals surface area contributed by atoms with Crippen LogP contribution in [0.1, 0.15) is 20.3 Å². The Morgan fingerprint density at radius 3 is 2.92 bits per heavy atom. The van der Waals surface area contributed by atoms with Gasteiger partial charge in [0.2, 0.25) is 0 Å². The van der Waals surface area contributed by atoms with E-state index in [0.717, 1.165) is 6.20 Å². The highest BCUT2D eigenvalue weighted by Crippen LogP contribution is 2.26. The first kappa shape index (κ1) is 16.8. The summed E-state index contributed by atoms with van der Waals surface area (Å²) in [5.74, 6) is -0.284. The molecular formula is C17H18FN5O2. The van der Waals surface area contributed by atoms with Gasteiger partial charge in [-0.1, -0.05) is 13.8 Å². The smallest absolute Gasteiger partial charge is 0.305 e. The lowest BCUT2D eigenvalue weighted by Crippen LogP contribution is -2.29. The van der Waals surface area contributed by atoms with E-state index in [1.807, 2.05) is 13.8 Å². The molecule has 7 nitrogen and oxygen atoms in total. The highest BCUT2D eigenvalue weighted by Gasteiger charge is 2.18. The van der Waals surface area contributed by atoms with Crippen molar-refractivity contribution in [1.82, 2.24) is 19.9 Å². The van der Waals surface area contributed by atoms with E-state index in [2.05, 4.69) is 25.3 Å². The summed E-state index contributed by atoms with van der Waals surface area (Å²) in [6.45, 7) is 3.88. The lowest BCUT2D eigenvalue weighted by Gasteiger charge is -2.21. The molecule has 0 aliphatic carbocycles. The van der Waals surface area contributed by atoms with Crippen LogP contribution in [0.4, 0.5) is 10.2 Å². The molecule has 3 N–H and O–H groups in total. The van der Waals surface area contributed by atoms with Crippen LogP contribution in [0.25, 0.3) is 22.4 Å². The van der Waals surface area contributed by atoms with Crippen LogP contribution >= 0.6 is 0 Å². The highest BCUT2D eigenvalue weighted by molar-refractivity contribution is 5.91. The van der Waals surface area contributed by atoms with E-state index in [-0.39, 0.29) is 18.4 Å². The highest BCUT2D eigenvalue weighted by atomic mass is 19.1. The standard InChI is InChI=1S/C17H18FN5O2/c1-9(2)13(6-15(24)25)22-14-3-4-19-17(23-14)12-8-21-16-11(12)5-10(18)7-20-16/h3-5,7-9,13H,6H2,1-2H3,(H,20,21)(H,24,25)(H,19,22,23)/t13-/m1/s1. The number of hydrogen-bond acceptors (Lipinski definition) is 5. The fourth-order valence-electron chi connectivity index (χ4n) is 2.56. The Bertz CT molecular complexity index is 909. The van der Waals surface area contributed by atoms with Gasteiger partial charge in [0.1, 0.15) is 17.3 Å². The minimum absolute atomic E-state index is 0.0147. The molecule has 0 saturated heterocycles. The van der Waals surface area contributed by atoms with Gasteiger partial charge in [0.15, 0.2) is 5.82 Å². The molecule has 3 rings (SSSR count). The number of carboxylic acids is 1. The van der Waals surface area contributed by atoms with E-state index in [1.54, 1.807) is 18.5 Å². The van der Waals surface area contributed by atoms with Crippen LogP contribution in [0, 0.1) is 11.7 Å². The summed E-state index contributed by atoms with van der Waals surface area (Å²) in [5.41, 5.74) is 1.18. The molecule has 8 heteroatoms. The number of carbonyl (C=O) groups is 1. The first-order valence-corrected chi connectivity index (χ1v) is 7.88. The average Bonchev–Trinajstić information content (AvgIpc) is 2.97. The number of aromatic amines is 1. The van der Waals surface area contributed by atoms with Crippen molar-refractivity contribution >= 4 is 22.8 Å². The second-order valence-corrected chi connectivity index (χ2v) is 6.11. The van der Waals surface area contributed by atoms with Gasteiger partial charge in [-0.25, -0.2) is 19.3 Å². The van der Waals surface area contributed by atoms with Gasteiger partial charge in [0.25, 0.3) is 0 Å². The second kappa shape index (κ2) is 6.84. The summed E-state index contributed by atoms with van der Waals surface area (Å²) in [7, 11) is 0. The third kappa shape index (κ3) is 3.73. The number of pyridine rings is 1. The molecule has 1 atom stereocenters. The van der Waals surface area contributed by atoms with Gasteiger partial charge in [0, 0.05) is 29.4 Å². The number of anilines is 1. The first-order chi connectivity index (χ1) is 11.9. The quantitative estimate of drug-likeness (QED) is 0.635. The number of H-pyrrole nitrogens is 1. The zero-order valence-corrected chi connectivity index (χ0v) is 13.8. The van der Waals surface area contributed by atoms with E-state index in [1.165, 1.54) is 6.07 Å². The molecule has 0 spiro atoms. The van der Waals surface area contributed by atoms with Crippen LogP contribution < -0.4 is 5.32 Å². The number of nitrogens with zero attached hydrogens (tertiary/aromatic N) is 3. The van der Waals surface area contributed by atoms with Crippen molar-refractivity contribution in [1.29, 1.82) is 0 Å². The summed E-state index contributed by atoms with van der Waals surface area (Å²) in [4.78, 5) is 26.6. The first-order valence-electron chi connectivity index (χ1n) is 7.88. The Balaban J connectivity index is 1.93. The van der Waals surface area contributed by atoms with Crippen molar-refractivity contribution in [3.63, 3.8) is 0 Å². The molecule has 130 valence electrons. The summed E-state index contributed by atoms with van der Waals surface area (Å²) < 4.78 is 13.5. The molecule has 0 saturated carbocycles. The van der Waals surface area contributed by atoms with Gasteiger partial charge in [-0.2, -0.15) is 0 Å². The Hall–Kier alpha value is -3.03. The second-order valence-electron chi connectivity index (χ2n) is 6.11. The maximum atomic E-state index is 13.5. The van der Waals surface area contributed by atoms with Gasteiger partial charge >= 0.3 is 5.97 Å². The van der Waals surface area contributed by atoms with Gasteiger partial charge in [-0.3, -0.25) is 4.79 Å². The predicted molar refractivity (Wildman–Crippen MR) is 91.6 cm³/mol. The Morgan fingerprint density at radius 2 is 2.20 bits per heavy atom. The molecule has 0 aliphatic rings. The molecule has 25 heavy (non-hydrogen) atoms.